The van der Waals surface area contributed by atoms with Gasteiger partial charge in [0.1, 0.15) is 0 Å². The average Bonchev–Trinajstić information content (AvgIpc) is 3.83. The lowest BCUT2D eigenvalue weighted by atomic mass is 10.1. The molecule has 10 nitrogen and oxygen atoms in total. The monoisotopic (exact) mass is 862 g/mol. The van der Waals surface area contributed by atoms with Crippen molar-refractivity contribution in [3.05, 3.63) is 143 Å². The van der Waals surface area contributed by atoms with Crippen molar-refractivity contribution >= 4 is 80.7 Å². The highest BCUT2D eigenvalue weighted by Crippen LogP contribution is 2.48. The number of aromatic nitrogens is 2. The molecule has 0 aliphatic carbocycles. The minimum atomic E-state index is 0.0608. The maximum atomic E-state index is 12.9. The van der Waals surface area contributed by atoms with E-state index in [0.29, 0.717) is 52.1 Å². The molecule has 0 bridgehead atoms. The smallest absolute Gasteiger partial charge is 0.220 e. The van der Waals surface area contributed by atoms with Gasteiger partial charge in [0, 0.05) is 98.2 Å². The summed E-state index contributed by atoms with van der Waals surface area (Å²) in [5.41, 5.74) is 12.6. The highest BCUT2D eigenvalue weighted by Gasteiger charge is 2.26. The Balaban J connectivity index is 0.738. The van der Waals surface area contributed by atoms with E-state index in [1.54, 1.807) is 23.5 Å². The molecule has 4 N–H and O–H groups in total. The lowest BCUT2D eigenvalue weighted by Gasteiger charge is -2.22. The van der Waals surface area contributed by atoms with Gasteiger partial charge in [-0.15, -0.1) is 0 Å². The van der Waals surface area contributed by atoms with E-state index in [9.17, 15) is 9.59 Å². The summed E-state index contributed by atoms with van der Waals surface area (Å²) in [6.45, 7) is 5.32. The number of anilines is 2. The number of rotatable bonds is 20. The number of pyridine rings is 2. The summed E-state index contributed by atoms with van der Waals surface area (Å²) >= 11 is 3.58. The fourth-order valence-electron chi connectivity index (χ4n) is 8.05. The molecule has 318 valence electrons. The van der Waals surface area contributed by atoms with Crippen LogP contribution in [0.25, 0.3) is 34.0 Å². The summed E-state index contributed by atoms with van der Waals surface area (Å²) in [6, 6.07) is 37.7. The fraction of sp³-hybridized carbons (Fsp3) is 0.280. The number of carbonyl (C=O) groups excluding carboxylic acids is 2. The van der Waals surface area contributed by atoms with Crippen LogP contribution in [0.4, 0.5) is 11.4 Å². The van der Waals surface area contributed by atoms with Gasteiger partial charge in [0.2, 0.25) is 11.8 Å². The van der Waals surface area contributed by atoms with Crippen LogP contribution >= 0.6 is 23.5 Å². The number of nitrogens with zero attached hydrogens (tertiary/aromatic N) is 5. The van der Waals surface area contributed by atoms with Gasteiger partial charge in [-0.25, -0.2) is 0 Å². The molecule has 2 aliphatic rings. The maximum Gasteiger partial charge on any atom is 0.220 e. The number of hydrogen-bond acceptors (Lipinski definition) is 10. The number of fused-ring (bicyclic) bond motifs is 4. The van der Waals surface area contributed by atoms with Crippen LogP contribution in [0, 0.1) is 0 Å². The van der Waals surface area contributed by atoms with Crippen LogP contribution in [-0.4, -0.2) is 79.0 Å². The molecule has 0 atom stereocenters. The Morgan fingerprint density at radius 2 is 1.03 bits per heavy atom. The molecule has 2 amide bonds. The molecule has 4 heterocycles. The Kier molecular flexibility index (Phi) is 14.9. The van der Waals surface area contributed by atoms with Crippen molar-refractivity contribution in [2.24, 2.45) is 5.73 Å². The molecule has 0 radical (unpaired) electrons. The molecule has 0 fully saturated rings. The van der Waals surface area contributed by atoms with Gasteiger partial charge in [-0.05, 0) is 97.5 Å². The molecule has 4 aromatic carbocycles. The molecule has 0 saturated heterocycles. The highest BCUT2D eigenvalue weighted by atomic mass is 32.2. The largest absolute Gasteiger partial charge is 0.355 e. The minimum Gasteiger partial charge on any atom is -0.355 e. The summed E-state index contributed by atoms with van der Waals surface area (Å²) in [6.07, 6.45) is 12.6. The summed E-state index contributed by atoms with van der Waals surface area (Å²) < 4.78 is 0. The zero-order valence-corrected chi connectivity index (χ0v) is 36.7. The number of amides is 2. The van der Waals surface area contributed by atoms with E-state index in [0.717, 1.165) is 71.7 Å². The molecule has 12 heteroatoms. The number of para-hydroxylation sites is 4. The van der Waals surface area contributed by atoms with Crippen LogP contribution in [0.2, 0.25) is 0 Å². The quantitative estimate of drug-likeness (QED) is 0.0642. The van der Waals surface area contributed by atoms with Crippen LogP contribution < -0.4 is 26.2 Å². The Labute approximate surface area is 373 Å². The molecule has 2 aliphatic heterocycles. The first kappa shape index (κ1) is 43.0. The Morgan fingerprint density at radius 3 is 1.52 bits per heavy atom. The molecular weight excluding hydrogens is 809 g/mol. The van der Waals surface area contributed by atoms with Crippen LogP contribution in [0.3, 0.4) is 0 Å². The third-order valence-electron chi connectivity index (χ3n) is 11.2. The van der Waals surface area contributed by atoms with Gasteiger partial charge in [-0.1, -0.05) is 84.2 Å². The van der Waals surface area contributed by atoms with E-state index in [1.165, 1.54) is 31.2 Å². The van der Waals surface area contributed by atoms with Gasteiger partial charge in [0.05, 0.1) is 32.5 Å². The number of benzene rings is 4. The Hall–Kier alpha value is -5.66. The second-order valence-electron chi connectivity index (χ2n) is 15.5. The molecule has 8 rings (SSSR count). The van der Waals surface area contributed by atoms with Crippen molar-refractivity contribution in [1.29, 1.82) is 0 Å². The Morgan fingerprint density at radius 1 is 0.581 bits per heavy atom. The number of unbranched alkanes of at least 4 members (excludes halogenated alkanes) is 2. The normalized spacial score (nSPS) is 14.6. The second-order valence-corrected chi connectivity index (χ2v) is 17.6. The standard InChI is InChI=1S/C50H54N8O2S2/c51-25-32-56(33-28-54-47(59)21-9-11-30-57-43-17-5-7-19-45(43)61-49(57)35-37-23-26-52-41-15-3-1-13-39(37)41)34-29-55-48(60)22-10-12-31-58-44-18-6-8-20-46(44)62-50(58)36-38-24-27-53-42-16-4-2-14-40(38)42/h1-8,13-20,23-24,26-27,35-36H,9-12,21-22,25,28-34,51H2,(H,54,59)(H,55,60)/b49-35-,50-36-. The van der Waals surface area contributed by atoms with Gasteiger partial charge >= 0.3 is 0 Å². The minimum absolute atomic E-state index is 0.0608. The van der Waals surface area contributed by atoms with Gasteiger partial charge in [0.25, 0.3) is 0 Å². The molecule has 6 aromatic rings. The van der Waals surface area contributed by atoms with Gasteiger partial charge < -0.3 is 26.2 Å². The van der Waals surface area contributed by atoms with Crippen LogP contribution in [0.5, 0.6) is 0 Å². The number of nitrogens with two attached hydrogens (primary N) is 1. The van der Waals surface area contributed by atoms with Crippen molar-refractivity contribution in [1.82, 2.24) is 25.5 Å². The predicted octanol–water partition coefficient (Wildman–Crippen LogP) is 9.14. The van der Waals surface area contributed by atoms with Crippen molar-refractivity contribution in [2.75, 3.05) is 62.2 Å². The van der Waals surface area contributed by atoms with Crippen LogP contribution in [0.15, 0.2) is 141 Å². The lowest BCUT2D eigenvalue weighted by molar-refractivity contribution is -0.121. The molecule has 0 spiro atoms. The summed E-state index contributed by atoms with van der Waals surface area (Å²) in [4.78, 5) is 44.3. The molecule has 62 heavy (non-hydrogen) atoms. The third kappa shape index (κ3) is 10.9. The Bertz CT molecular complexity index is 2380. The fourth-order valence-corrected chi connectivity index (χ4v) is 10.3. The van der Waals surface area contributed by atoms with Crippen LogP contribution in [0.1, 0.15) is 49.7 Å². The summed E-state index contributed by atoms with van der Waals surface area (Å²) in [5, 5.41) is 10.8. The first-order valence-electron chi connectivity index (χ1n) is 21.7. The van der Waals surface area contributed by atoms with Crippen molar-refractivity contribution < 1.29 is 9.59 Å². The third-order valence-corrected chi connectivity index (χ3v) is 13.4. The predicted molar refractivity (Wildman–Crippen MR) is 258 cm³/mol. The SMILES string of the molecule is NCCN(CCNC(=O)CCCCN1/C(=C/c2ccnc3ccccc23)Sc2ccccc21)CCNC(=O)CCCCN1/C(=C/c2ccnc3ccccc23)Sc2ccccc21. The highest BCUT2D eigenvalue weighted by molar-refractivity contribution is 8.04. The van der Waals surface area contributed by atoms with Gasteiger partial charge in [-0.2, -0.15) is 0 Å². The lowest BCUT2D eigenvalue weighted by Crippen LogP contribution is -2.41. The van der Waals surface area contributed by atoms with Crippen molar-refractivity contribution in [2.45, 2.75) is 48.3 Å². The van der Waals surface area contributed by atoms with E-state index < -0.39 is 0 Å². The average molecular weight is 863 g/mol. The van der Waals surface area contributed by atoms with E-state index in [1.807, 2.05) is 36.7 Å². The molecule has 2 aromatic heterocycles. The van der Waals surface area contributed by atoms with Crippen LogP contribution in [-0.2, 0) is 9.59 Å². The second kappa shape index (κ2) is 21.4. The zero-order chi connectivity index (χ0) is 42.5. The first-order valence-corrected chi connectivity index (χ1v) is 23.3. The molecule has 0 saturated carbocycles. The van der Waals surface area contributed by atoms with E-state index >= 15 is 0 Å². The topological polar surface area (TPSA) is 120 Å². The number of thioether (sulfide) groups is 2. The number of nitrogens with one attached hydrogen (secondary N) is 2. The zero-order valence-electron chi connectivity index (χ0n) is 35.0. The number of hydrogen-bond donors (Lipinski definition) is 3. The van der Waals surface area contributed by atoms with Crippen molar-refractivity contribution in [3.63, 3.8) is 0 Å². The summed E-state index contributed by atoms with van der Waals surface area (Å²) in [7, 11) is 0. The van der Waals surface area contributed by atoms with Gasteiger partial charge in [-0.3, -0.25) is 24.5 Å². The van der Waals surface area contributed by atoms with Crippen molar-refractivity contribution in [3.8, 4) is 0 Å². The molecular formula is C50H54N8O2S2. The van der Waals surface area contributed by atoms with E-state index in [4.69, 9.17) is 5.73 Å². The molecule has 0 unspecified atom stereocenters. The maximum absolute atomic E-state index is 12.9. The summed E-state index contributed by atoms with van der Waals surface area (Å²) in [5.74, 6) is 0.122. The van der Waals surface area contributed by atoms with E-state index in [-0.39, 0.29) is 11.8 Å². The van der Waals surface area contributed by atoms with E-state index in [2.05, 4.69) is 132 Å². The van der Waals surface area contributed by atoms with Gasteiger partial charge in [0.15, 0.2) is 0 Å². The first-order chi connectivity index (χ1) is 30.5. The number of carbonyl (C=O) groups is 2.